The summed E-state index contributed by atoms with van der Waals surface area (Å²) in [5.41, 5.74) is 0.782. The van der Waals surface area contributed by atoms with E-state index in [0.717, 1.165) is 10.3 Å². The number of halogens is 3. The first-order chi connectivity index (χ1) is 18.9. The Balaban J connectivity index is 0.000000745. The second kappa shape index (κ2) is 13.1. The van der Waals surface area contributed by atoms with Gasteiger partial charge in [0.2, 0.25) is 0 Å². The van der Waals surface area contributed by atoms with Gasteiger partial charge in [-0.25, -0.2) is 4.79 Å². The summed E-state index contributed by atoms with van der Waals surface area (Å²) in [5, 5.41) is 40.3. The third kappa shape index (κ3) is 8.47. The molecule has 1 aliphatic heterocycles. The van der Waals surface area contributed by atoms with Gasteiger partial charge in [0.25, 0.3) is 11.5 Å². The van der Waals surface area contributed by atoms with Crippen LogP contribution >= 0.6 is 0 Å². The molecule has 2 heterocycles. The van der Waals surface area contributed by atoms with E-state index < -0.39 is 42.0 Å². The molecule has 16 heteroatoms. The van der Waals surface area contributed by atoms with Crippen molar-refractivity contribution in [2.24, 2.45) is 0 Å². The van der Waals surface area contributed by atoms with Crippen LogP contribution in [0.1, 0.15) is 40.6 Å². The first kappa shape index (κ1) is 33.2. The maximum Gasteiger partial charge on any atom is 0.430 e. The molecule has 1 amide bonds. The molecule has 1 fully saturated rings. The van der Waals surface area contributed by atoms with Crippen LogP contribution in [0.2, 0.25) is 0 Å². The van der Waals surface area contributed by atoms with Gasteiger partial charge in [-0.2, -0.15) is 18.4 Å². The fourth-order valence-electron chi connectivity index (χ4n) is 3.86. The number of aliphatic hydroxyl groups is 2. The molecule has 1 saturated heterocycles. The lowest BCUT2D eigenvalue weighted by molar-refractivity contribution is -0.344. The van der Waals surface area contributed by atoms with Crippen LogP contribution in [0.3, 0.4) is 0 Å². The number of aryl methyl sites for hydroxylation is 1. The van der Waals surface area contributed by atoms with E-state index in [-0.39, 0.29) is 25.4 Å². The zero-order valence-electron chi connectivity index (χ0n) is 22.6. The molecule has 41 heavy (non-hydrogen) atoms. The van der Waals surface area contributed by atoms with E-state index in [1.165, 1.54) is 10.8 Å². The van der Waals surface area contributed by atoms with E-state index in [1.54, 1.807) is 25.1 Å². The number of nitrogens with zero attached hydrogens (tertiary/aromatic N) is 4. The first-order valence-corrected chi connectivity index (χ1v) is 12.1. The lowest BCUT2D eigenvalue weighted by Crippen LogP contribution is -2.42. The highest BCUT2D eigenvalue weighted by molar-refractivity contribution is 5.95. The molecular weight excluding hydrogens is 555 g/mol. The molecule has 1 aliphatic rings. The molecule has 0 radical (unpaired) electrons. The van der Waals surface area contributed by atoms with E-state index >= 15 is 0 Å². The van der Waals surface area contributed by atoms with Gasteiger partial charge in [0, 0.05) is 42.9 Å². The number of carbonyl (C=O) groups excluding carboxylic acids is 2. The molecule has 1 aromatic carbocycles. The van der Waals surface area contributed by atoms with Crippen molar-refractivity contribution in [3.63, 3.8) is 0 Å². The van der Waals surface area contributed by atoms with E-state index in [2.05, 4.69) is 11.4 Å². The Morgan fingerprint density at radius 3 is 2.34 bits per heavy atom. The van der Waals surface area contributed by atoms with Crippen molar-refractivity contribution in [1.82, 2.24) is 18.9 Å². The minimum atomic E-state index is -5.19. The predicted octanol–water partition coefficient (Wildman–Crippen LogP) is -0.896. The maximum atomic E-state index is 12.8. The number of aliphatic carboxylic acids is 1. The Bertz CT molecular complexity index is 1430. The second-order valence-electron chi connectivity index (χ2n) is 9.99. The third-order valence-electron chi connectivity index (χ3n) is 5.92. The molecule has 0 aliphatic carbocycles. The Labute approximate surface area is 231 Å². The molecule has 0 unspecified atom stereocenters. The second-order valence-corrected chi connectivity index (χ2v) is 9.99. The predicted molar refractivity (Wildman–Crippen MR) is 135 cm³/mol. The summed E-state index contributed by atoms with van der Waals surface area (Å²) in [4.78, 5) is 46.7. The summed E-state index contributed by atoms with van der Waals surface area (Å²) >= 11 is 0. The number of rotatable bonds is 7. The van der Waals surface area contributed by atoms with Crippen LogP contribution < -0.4 is 26.2 Å². The Morgan fingerprint density at radius 1 is 1.24 bits per heavy atom. The van der Waals surface area contributed by atoms with Gasteiger partial charge in [0.05, 0.1) is 21.1 Å². The number of aromatic nitrogens is 2. The zero-order valence-corrected chi connectivity index (χ0v) is 22.6. The number of benzene rings is 1. The van der Waals surface area contributed by atoms with Gasteiger partial charge in [-0.15, -0.1) is 0 Å². The van der Waals surface area contributed by atoms with E-state index in [1.807, 2.05) is 21.1 Å². The van der Waals surface area contributed by atoms with Crippen LogP contribution in [-0.2, 0) is 16.1 Å². The molecule has 1 aromatic heterocycles. The van der Waals surface area contributed by atoms with Gasteiger partial charge in [-0.3, -0.25) is 23.2 Å². The van der Waals surface area contributed by atoms with Gasteiger partial charge in [0.1, 0.15) is 35.6 Å². The van der Waals surface area contributed by atoms with Crippen molar-refractivity contribution in [1.29, 1.82) is 5.26 Å². The molecule has 13 nitrogen and oxygen atoms in total. The summed E-state index contributed by atoms with van der Waals surface area (Å²) in [6, 6.07) is 7.08. The Hall–Kier alpha value is -4.04. The molecule has 0 saturated carbocycles. The number of quaternary nitrogens is 1. The van der Waals surface area contributed by atoms with Crippen LogP contribution in [0.5, 0.6) is 0 Å². The summed E-state index contributed by atoms with van der Waals surface area (Å²) in [6.45, 7) is 1.82. The number of hydrogen-bond donors (Lipinski definition) is 3. The van der Waals surface area contributed by atoms with Gasteiger partial charge in [-0.05, 0) is 25.5 Å². The molecular formula is C25H30F3N5O8. The lowest BCUT2D eigenvalue weighted by atomic mass is 10.1. The fourth-order valence-corrected chi connectivity index (χ4v) is 3.86. The molecule has 0 bridgehead atoms. The normalized spacial score (nSPS) is 18.7. The highest BCUT2D eigenvalue weighted by atomic mass is 19.4. The molecule has 3 atom stereocenters. The maximum absolute atomic E-state index is 12.8. The Morgan fingerprint density at radius 2 is 1.85 bits per heavy atom. The van der Waals surface area contributed by atoms with Crippen molar-refractivity contribution in [2.75, 3.05) is 27.7 Å². The largest absolute Gasteiger partial charge is 0.542 e. The first-order valence-electron chi connectivity index (χ1n) is 12.1. The summed E-state index contributed by atoms with van der Waals surface area (Å²) < 4.78 is 39.4. The molecule has 3 rings (SSSR count). The lowest BCUT2D eigenvalue weighted by Gasteiger charge is -2.24. The van der Waals surface area contributed by atoms with Gasteiger partial charge >= 0.3 is 11.9 Å². The molecule has 224 valence electrons. The number of amides is 1. The minimum Gasteiger partial charge on any atom is -0.542 e. The molecule has 0 spiro atoms. The minimum absolute atomic E-state index is 0.0202. The van der Waals surface area contributed by atoms with Gasteiger partial charge in [0.15, 0.2) is 6.29 Å². The number of aliphatic hydroxyl groups excluding tert-OH is 2. The number of nitrogens with one attached hydrogen (secondary N) is 1. The van der Waals surface area contributed by atoms with Crippen molar-refractivity contribution < 1.29 is 42.8 Å². The quantitative estimate of drug-likeness (QED) is 0.274. The zero-order chi connectivity index (χ0) is 31.3. The SMILES string of the molecule is Cc1cn([C@H]2C[C@H](O)[C@@H](O)O2)c(=O)n(CCCNC(=O)c2ccc([N+](C)(C)C)c(C#N)c2)c1=O.O=C([O-])C(F)(F)F. The Kier molecular flexibility index (Phi) is 10.6. The molecule has 3 N–H and O–H groups in total. The summed E-state index contributed by atoms with van der Waals surface area (Å²) in [6.07, 6.45) is -6.91. The van der Waals surface area contributed by atoms with Crippen molar-refractivity contribution >= 4 is 17.6 Å². The van der Waals surface area contributed by atoms with Crippen molar-refractivity contribution in [3.05, 3.63) is 61.9 Å². The summed E-state index contributed by atoms with van der Waals surface area (Å²) in [5.74, 6) is -3.37. The van der Waals surface area contributed by atoms with Crippen LogP contribution in [0, 0.1) is 18.3 Å². The number of ether oxygens (including phenoxy) is 1. The smallest absolute Gasteiger partial charge is 0.430 e. The number of carbonyl (C=O) groups is 2. The highest BCUT2D eigenvalue weighted by Crippen LogP contribution is 2.26. The standard InChI is InChI=1S/C23H29N5O6.C2HF3O2/c1-14-13-27(19-11-18(29)22(32)34-19)23(33)26(21(14)31)9-5-8-25-20(30)15-6-7-17(28(2,3)4)16(10-15)12-24;3-2(4,5)1(6)7/h6-7,10,13,18-19,22,29,32H,5,8-9,11H2,1-4H3;(H,6,7)/t18-,19+,22-;/m0./s1. The van der Waals surface area contributed by atoms with Gasteiger partial charge in [-0.1, -0.05) is 0 Å². The van der Waals surface area contributed by atoms with E-state index in [9.17, 15) is 43.0 Å². The van der Waals surface area contributed by atoms with Crippen molar-refractivity contribution in [2.45, 2.75) is 51.1 Å². The number of carboxylic acid groups (broad SMARTS) is 1. The number of hydrogen-bond acceptors (Lipinski definition) is 9. The van der Waals surface area contributed by atoms with Crippen molar-refractivity contribution in [3.8, 4) is 6.07 Å². The number of nitriles is 1. The topological polar surface area (TPSA) is 187 Å². The van der Waals surface area contributed by atoms with E-state index in [4.69, 9.17) is 14.6 Å². The van der Waals surface area contributed by atoms with Crippen LogP contribution in [-0.4, -0.2) is 77.5 Å². The molecule has 2 aromatic rings. The van der Waals surface area contributed by atoms with Crippen LogP contribution in [0.15, 0.2) is 34.0 Å². The number of carboxylic acids is 1. The van der Waals surface area contributed by atoms with E-state index in [0.29, 0.717) is 27.6 Å². The van der Waals surface area contributed by atoms with Crippen LogP contribution in [0.25, 0.3) is 0 Å². The average molecular weight is 586 g/mol. The monoisotopic (exact) mass is 585 g/mol. The number of alkyl halides is 3. The third-order valence-corrected chi connectivity index (χ3v) is 5.92. The van der Waals surface area contributed by atoms with Gasteiger partial charge < -0.3 is 30.2 Å². The average Bonchev–Trinajstić information content (AvgIpc) is 3.21. The fraction of sp³-hybridized carbons (Fsp3) is 0.480. The summed E-state index contributed by atoms with van der Waals surface area (Å²) in [7, 11) is 5.79. The highest BCUT2D eigenvalue weighted by Gasteiger charge is 2.34. The van der Waals surface area contributed by atoms with Crippen LogP contribution in [0.4, 0.5) is 18.9 Å².